The lowest BCUT2D eigenvalue weighted by Gasteiger charge is -2.31. The van der Waals surface area contributed by atoms with E-state index in [4.69, 9.17) is 9.97 Å². The molecule has 5 heterocycles. The van der Waals surface area contributed by atoms with E-state index in [0.29, 0.717) is 11.7 Å². The number of rotatable bonds is 3. The Bertz CT molecular complexity index is 1340. The van der Waals surface area contributed by atoms with E-state index >= 15 is 0 Å². The Hall–Kier alpha value is -3.06. The lowest BCUT2D eigenvalue weighted by Crippen LogP contribution is -2.36. The van der Waals surface area contributed by atoms with E-state index in [1.165, 1.54) is 18.4 Å². The van der Waals surface area contributed by atoms with Gasteiger partial charge < -0.3 is 15.0 Å². The van der Waals surface area contributed by atoms with Gasteiger partial charge in [0.05, 0.1) is 17.8 Å². The minimum atomic E-state index is -0.228. The topological polar surface area (TPSA) is 90.8 Å². The van der Waals surface area contributed by atoms with Crippen LogP contribution in [0, 0.1) is 0 Å². The first-order valence-corrected chi connectivity index (χ1v) is 12.0. The van der Waals surface area contributed by atoms with Crippen molar-refractivity contribution in [3.05, 3.63) is 42.0 Å². The second kappa shape index (κ2) is 7.48. The Labute approximate surface area is 193 Å². The predicted octanol–water partition coefficient (Wildman–Crippen LogP) is 4.70. The van der Waals surface area contributed by atoms with Crippen molar-refractivity contribution in [2.24, 2.45) is 0 Å². The molecule has 1 saturated carbocycles. The summed E-state index contributed by atoms with van der Waals surface area (Å²) in [5.41, 5.74) is 5.11. The molecule has 2 N–H and O–H groups in total. The van der Waals surface area contributed by atoms with Gasteiger partial charge >= 0.3 is 0 Å². The molecule has 0 atom stereocenters. The van der Waals surface area contributed by atoms with Crippen molar-refractivity contribution < 1.29 is 5.11 Å². The van der Waals surface area contributed by atoms with Gasteiger partial charge in [-0.1, -0.05) is 20.8 Å². The van der Waals surface area contributed by atoms with Crippen LogP contribution in [0.3, 0.4) is 0 Å². The molecule has 0 unspecified atom stereocenters. The van der Waals surface area contributed by atoms with Crippen LogP contribution in [-0.2, 0) is 5.41 Å². The first kappa shape index (κ1) is 20.5. The molecule has 2 fully saturated rings. The van der Waals surface area contributed by atoms with Crippen molar-refractivity contribution in [2.75, 3.05) is 18.0 Å². The molecule has 4 aromatic heterocycles. The summed E-state index contributed by atoms with van der Waals surface area (Å²) in [5.74, 6) is 2.23. The number of piperidine rings is 1. The third kappa shape index (κ3) is 3.64. The van der Waals surface area contributed by atoms with Crippen molar-refractivity contribution in [3.63, 3.8) is 0 Å². The zero-order valence-electron chi connectivity index (χ0n) is 19.5. The van der Waals surface area contributed by atoms with E-state index in [1.54, 1.807) is 0 Å². The van der Waals surface area contributed by atoms with Crippen molar-refractivity contribution in [3.8, 4) is 11.4 Å². The Morgan fingerprint density at radius 3 is 2.58 bits per heavy atom. The van der Waals surface area contributed by atoms with Crippen LogP contribution >= 0.6 is 0 Å². The number of anilines is 1. The molecule has 1 saturated heterocycles. The summed E-state index contributed by atoms with van der Waals surface area (Å²) in [5, 5.41) is 12.2. The van der Waals surface area contributed by atoms with Crippen molar-refractivity contribution in [1.82, 2.24) is 24.9 Å². The van der Waals surface area contributed by atoms with Gasteiger partial charge in [-0.2, -0.15) is 0 Å². The SMILES string of the molecule is CC(C)(C)c1cc2c(-c3nc(N4CCC(O)CC4)c4c(C5CC5)cncc4n3)ccnc2[nH]1. The fraction of sp³-hybridized carbons (Fsp3) is 0.462. The summed E-state index contributed by atoms with van der Waals surface area (Å²) in [6.07, 6.45) is 9.38. The summed E-state index contributed by atoms with van der Waals surface area (Å²) in [6, 6.07) is 4.19. The summed E-state index contributed by atoms with van der Waals surface area (Å²) in [6.45, 7) is 8.17. The average Bonchev–Trinajstić information content (AvgIpc) is 3.54. The molecule has 0 spiro atoms. The molecule has 7 nitrogen and oxygen atoms in total. The Balaban J connectivity index is 1.57. The normalized spacial score (nSPS) is 17.9. The van der Waals surface area contributed by atoms with Gasteiger partial charge in [0.2, 0.25) is 0 Å². The molecule has 0 aromatic carbocycles. The summed E-state index contributed by atoms with van der Waals surface area (Å²) in [7, 11) is 0. The standard InChI is InChI=1S/C26H30N6O/c1-26(2,3)21-12-18-17(6-9-28-23(18)30-21)24-29-20-14-27-13-19(15-4-5-15)22(20)25(31-24)32-10-7-16(33)8-11-32/h6,9,12-16,33H,4-5,7-8,10-11H2,1-3H3,(H,28,30). The van der Waals surface area contributed by atoms with Gasteiger partial charge in [-0.3, -0.25) is 4.98 Å². The van der Waals surface area contributed by atoms with Crippen LogP contribution in [-0.4, -0.2) is 49.2 Å². The number of aromatic amines is 1. The number of fused-ring (bicyclic) bond motifs is 2. The minimum absolute atomic E-state index is 0.00883. The van der Waals surface area contributed by atoms with Crippen LogP contribution in [0.5, 0.6) is 0 Å². The zero-order chi connectivity index (χ0) is 22.7. The van der Waals surface area contributed by atoms with Gasteiger partial charge in [0.15, 0.2) is 5.82 Å². The fourth-order valence-electron chi connectivity index (χ4n) is 4.85. The number of pyridine rings is 2. The smallest absolute Gasteiger partial charge is 0.163 e. The molecule has 2 aliphatic rings. The number of nitrogens with one attached hydrogen (secondary N) is 1. The highest BCUT2D eigenvalue weighted by molar-refractivity contribution is 5.97. The van der Waals surface area contributed by atoms with Crippen LogP contribution < -0.4 is 4.90 Å². The third-order valence-corrected chi connectivity index (χ3v) is 6.98. The summed E-state index contributed by atoms with van der Waals surface area (Å²) >= 11 is 0. The van der Waals surface area contributed by atoms with Gasteiger partial charge in [-0.05, 0) is 49.3 Å². The minimum Gasteiger partial charge on any atom is -0.393 e. The number of aliphatic hydroxyl groups is 1. The largest absolute Gasteiger partial charge is 0.393 e. The molecule has 0 radical (unpaired) electrons. The Morgan fingerprint density at radius 1 is 1.06 bits per heavy atom. The maximum atomic E-state index is 10.1. The van der Waals surface area contributed by atoms with Gasteiger partial charge in [0, 0.05) is 52.9 Å². The van der Waals surface area contributed by atoms with E-state index in [1.807, 2.05) is 24.7 Å². The van der Waals surface area contributed by atoms with Gasteiger partial charge in [-0.25, -0.2) is 15.0 Å². The highest BCUT2D eigenvalue weighted by Crippen LogP contribution is 2.45. The molecule has 1 aliphatic carbocycles. The van der Waals surface area contributed by atoms with E-state index in [0.717, 1.165) is 64.9 Å². The van der Waals surface area contributed by atoms with Crippen LogP contribution in [0.25, 0.3) is 33.3 Å². The van der Waals surface area contributed by atoms with E-state index < -0.39 is 0 Å². The second-order valence-electron chi connectivity index (χ2n) is 10.5. The quantitative estimate of drug-likeness (QED) is 0.478. The third-order valence-electron chi connectivity index (χ3n) is 6.98. The average molecular weight is 443 g/mol. The van der Waals surface area contributed by atoms with Gasteiger partial charge in [-0.15, -0.1) is 0 Å². The Morgan fingerprint density at radius 2 is 1.85 bits per heavy atom. The first-order valence-electron chi connectivity index (χ1n) is 12.0. The molecule has 7 heteroatoms. The molecule has 4 aromatic rings. The maximum Gasteiger partial charge on any atom is 0.163 e. The van der Waals surface area contributed by atoms with Crippen LogP contribution in [0.2, 0.25) is 0 Å². The number of aliphatic hydroxyl groups excluding tert-OH is 1. The molecule has 6 rings (SSSR count). The molecule has 170 valence electrons. The molecule has 33 heavy (non-hydrogen) atoms. The molecule has 1 aliphatic heterocycles. The molecular weight excluding hydrogens is 412 g/mol. The van der Waals surface area contributed by atoms with Crippen LogP contribution in [0.4, 0.5) is 5.82 Å². The number of hydrogen-bond donors (Lipinski definition) is 2. The molecule has 0 bridgehead atoms. The first-order chi connectivity index (χ1) is 15.9. The van der Waals surface area contributed by atoms with E-state index in [-0.39, 0.29) is 11.5 Å². The highest BCUT2D eigenvalue weighted by Gasteiger charge is 2.30. The lowest BCUT2D eigenvalue weighted by molar-refractivity contribution is 0.145. The zero-order valence-corrected chi connectivity index (χ0v) is 19.5. The predicted molar refractivity (Wildman–Crippen MR) is 131 cm³/mol. The van der Waals surface area contributed by atoms with Crippen molar-refractivity contribution >= 4 is 27.8 Å². The summed E-state index contributed by atoms with van der Waals surface area (Å²) in [4.78, 5) is 25.1. The van der Waals surface area contributed by atoms with E-state index in [2.05, 4.69) is 46.7 Å². The van der Waals surface area contributed by atoms with Gasteiger partial charge in [0.1, 0.15) is 11.5 Å². The van der Waals surface area contributed by atoms with Crippen molar-refractivity contribution in [2.45, 2.75) is 63.9 Å². The Kier molecular flexibility index (Phi) is 4.66. The highest BCUT2D eigenvalue weighted by atomic mass is 16.3. The second-order valence-corrected chi connectivity index (χ2v) is 10.5. The monoisotopic (exact) mass is 442 g/mol. The lowest BCUT2D eigenvalue weighted by atomic mass is 9.92. The number of hydrogen-bond acceptors (Lipinski definition) is 6. The van der Waals surface area contributed by atoms with Gasteiger partial charge in [0.25, 0.3) is 0 Å². The number of H-pyrrole nitrogens is 1. The maximum absolute atomic E-state index is 10.1. The van der Waals surface area contributed by atoms with Crippen LogP contribution in [0.15, 0.2) is 30.7 Å². The number of aromatic nitrogens is 5. The number of nitrogens with zero attached hydrogens (tertiary/aromatic N) is 5. The van der Waals surface area contributed by atoms with E-state index in [9.17, 15) is 5.11 Å². The molecule has 0 amide bonds. The fourth-order valence-corrected chi connectivity index (χ4v) is 4.85. The summed E-state index contributed by atoms with van der Waals surface area (Å²) < 4.78 is 0. The molecular formula is C26H30N6O. The van der Waals surface area contributed by atoms with Crippen LogP contribution in [0.1, 0.15) is 63.6 Å². The van der Waals surface area contributed by atoms with Crippen molar-refractivity contribution in [1.29, 1.82) is 0 Å².